The predicted molar refractivity (Wildman–Crippen MR) is 137 cm³/mol. The van der Waals surface area contributed by atoms with Gasteiger partial charge in [-0.25, -0.2) is 13.1 Å². The number of hydrogen-bond acceptors (Lipinski definition) is 3. The van der Waals surface area contributed by atoms with Gasteiger partial charge in [0.1, 0.15) is 0 Å². The summed E-state index contributed by atoms with van der Waals surface area (Å²) in [4.78, 5) is 12.7. The van der Waals surface area contributed by atoms with Crippen LogP contribution in [0.2, 0.25) is 0 Å². The van der Waals surface area contributed by atoms with Gasteiger partial charge in [-0.15, -0.1) is 0 Å². The van der Waals surface area contributed by atoms with Crippen molar-refractivity contribution in [2.75, 3.05) is 0 Å². The fourth-order valence-electron chi connectivity index (χ4n) is 4.04. The van der Waals surface area contributed by atoms with E-state index in [0.29, 0.717) is 12.8 Å². The number of carbonyl (C=O) groups is 1. The maximum absolute atomic E-state index is 12.7. The van der Waals surface area contributed by atoms with Crippen LogP contribution in [0, 0.1) is 20.8 Å². The van der Waals surface area contributed by atoms with Gasteiger partial charge in [0, 0.05) is 12.5 Å². The highest BCUT2D eigenvalue weighted by molar-refractivity contribution is 7.89. The standard InChI is InChI=1S/C28H34N2O3S/c1-19-17-21(3)27(18-20(19)2)23(5)29-28(31)16-13-24-11-14-26(15-12-24)34(32,33)30-22(4)25-9-7-6-8-10-25/h6-12,14-15,17-18,22-23,30H,13,16H2,1-5H3,(H,29,31)/t22-,23-/m1/s1. The van der Waals surface area contributed by atoms with E-state index in [1.807, 2.05) is 44.2 Å². The number of sulfonamides is 1. The van der Waals surface area contributed by atoms with Crippen LogP contribution in [0.25, 0.3) is 0 Å². The van der Waals surface area contributed by atoms with E-state index >= 15 is 0 Å². The second kappa shape index (κ2) is 11.0. The van der Waals surface area contributed by atoms with Gasteiger partial charge in [0.05, 0.1) is 10.9 Å². The van der Waals surface area contributed by atoms with Gasteiger partial charge < -0.3 is 5.32 Å². The SMILES string of the molecule is Cc1cc(C)c([C@@H](C)NC(=O)CCc2ccc(S(=O)(=O)N[C@H](C)c3ccccc3)cc2)cc1C. The summed E-state index contributed by atoms with van der Waals surface area (Å²) >= 11 is 0. The van der Waals surface area contributed by atoms with Crippen LogP contribution in [-0.2, 0) is 21.2 Å². The maximum atomic E-state index is 12.7. The number of hydrogen-bond donors (Lipinski definition) is 2. The first kappa shape index (κ1) is 25.7. The van der Waals surface area contributed by atoms with Crippen molar-refractivity contribution in [3.63, 3.8) is 0 Å². The minimum Gasteiger partial charge on any atom is -0.350 e. The van der Waals surface area contributed by atoms with Gasteiger partial charge in [0.25, 0.3) is 0 Å². The molecule has 0 spiro atoms. The molecule has 2 N–H and O–H groups in total. The van der Waals surface area contributed by atoms with Crippen molar-refractivity contribution in [3.05, 3.63) is 100 Å². The fraction of sp³-hybridized carbons (Fsp3) is 0.321. The smallest absolute Gasteiger partial charge is 0.241 e. The molecule has 0 radical (unpaired) electrons. The van der Waals surface area contributed by atoms with Crippen LogP contribution in [0.3, 0.4) is 0 Å². The molecule has 0 unspecified atom stereocenters. The molecule has 0 fully saturated rings. The molecule has 2 atom stereocenters. The zero-order valence-corrected chi connectivity index (χ0v) is 21.4. The molecule has 0 aliphatic heterocycles. The lowest BCUT2D eigenvalue weighted by atomic mass is 9.96. The molecular weight excluding hydrogens is 444 g/mol. The highest BCUT2D eigenvalue weighted by Crippen LogP contribution is 2.22. The third-order valence-electron chi connectivity index (χ3n) is 6.23. The molecule has 0 aliphatic carbocycles. The molecule has 3 rings (SSSR count). The molecule has 6 heteroatoms. The van der Waals surface area contributed by atoms with Crippen LogP contribution in [-0.4, -0.2) is 14.3 Å². The van der Waals surface area contributed by atoms with Gasteiger partial charge in [-0.05, 0) is 86.6 Å². The predicted octanol–water partition coefficient (Wildman–Crippen LogP) is 5.46. The third kappa shape index (κ3) is 6.55. The summed E-state index contributed by atoms with van der Waals surface area (Å²) in [7, 11) is -3.64. The van der Waals surface area contributed by atoms with Crippen molar-refractivity contribution in [1.82, 2.24) is 10.0 Å². The molecule has 3 aromatic rings. The molecule has 3 aromatic carbocycles. The van der Waals surface area contributed by atoms with Crippen LogP contribution in [0.15, 0.2) is 71.6 Å². The Morgan fingerprint density at radius 3 is 2.09 bits per heavy atom. The Hall–Kier alpha value is -2.96. The Labute approximate surface area is 203 Å². The van der Waals surface area contributed by atoms with E-state index in [1.54, 1.807) is 24.3 Å². The highest BCUT2D eigenvalue weighted by atomic mass is 32.2. The minimum atomic E-state index is -3.64. The van der Waals surface area contributed by atoms with Crippen molar-refractivity contribution < 1.29 is 13.2 Å². The molecule has 34 heavy (non-hydrogen) atoms. The largest absolute Gasteiger partial charge is 0.350 e. The molecule has 180 valence electrons. The van der Waals surface area contributed by atoms with Crippen LogP contribution >= 0.6 is 0 Å². The Balaban J connectivity index is 1.56. The Morgan fingerprint density at radius 2 is 1.44 bits per heavy atom. The van der Waals surface area contributed by atoms with Crippen LogP contribution in [0.5, 0.6) is 0 Å². The first-order valence-corrected chi connectivity index (χ1v) is 13.1. The average Bonchev–Trinajstić information content (AvgIpc) is 2.80. The maximum Gasteiger partial charge on any atom is 0.241 e. The Morgan fingerprint density at radius 1 is 0.824 bits per heavy atom. The zero-order valence-electron chi connectivity index (χ0n) is 20.6. The van der Waals surface area contributed by atoms with Crippen molar-refractivity contribution in [2.24, 2.45) is 0 Å². The summed E-state index contributed by atoms with van der Waals surface area (Å²) in [5, 5.41) is 3.08. The van der Waals surface area contributed by atoms with E-state index in [0.717, 1.165) is 16.7 Å². The van der Waals surface area contributed by atoms with Gasteiger partial charge in [-0.2, -0.15) is 0 Å². The van der Waals surface area contributed by atoms with E-state index in [-0.39, 0.29) is 22.9 Å². The van der Waals surface area contributed by atoms with Gasteiger partial charge in [0.15, 0.2) is 0 Å². The van der Waals surface area contributed by atoms with E-state index in [1.165, 1.54) is 16.7 Å². The van der Waals surface area contributed by atoms with E-state index in [9.17, 15) is 13.2 Å². The second-order valence-corrected chi connectivity index (χ2v) is 10.7. The number of nitrogens with one attached hydrogen (secondary N) is 2. The highest BCUT2D eigenvalue weighted by Gasteiger charge is 2.18. The third-order valence-corrected chi connectivity index (χ3v) is 7.79. The summed E-state index contributed by atoms with van der Waals surface area (Å²) in [6, 6.07) is 20.1. The summed E-state index contributed by atoms with van der Waals surface area (Å²) in [5.74, 6) is -0.0276. The van der Waals surface area contributed by atoms with Crippen molar-refractivity contribution in [1.29, 1.82) is 0 Å². The lowest BCUT2D eigenvalue weighted by Crippen LogP contribution is -2.27. The van der Waals surface area contributed by atoms with Crippen LogP contribution < -0.4 is 10.0 Å². The van der Waals surface area contributed by atoms with E-state index in [2.05, 4.69) is 42.9 Å². The van der Waals surface area contributed by atoms with Gasteiger partial charge in [-0.1, -0.05) is 54.6 Å². The van der Waals surface area contributed by atoms with E-state index in [4.69, 9.17) is 0 Å². The molecular formula is C28H34N2O3S. The van der Waals surface area contributed by atoms with Gasteiger partial charge >= 0.3 is 0 Å². The molecule has 0 bridgehead atoms. The van der Waals surface area contributed by atoms with Crippen LogP contribution in [0.1, 0.15) is 65.7 Å². The Bertz CT molecular complexity index is 1240. The summed E-state index contributed by atoms with van der Waals surface area (Å²) in [5.41, 5.74) is 6.57. The molecule has 0 aliphatic rings. The molecule has 0 heterocycles. The quantitative estimate of drug-likeness (QED) is 0.429. The first-order chi connectivity index (χ1) is 16.1. The lowest BCUT2D eigenvalue weighted by molar-refractivity contribution is -0.121. The number of aryl methyl sites for hydroxylation is 4. The summed E-state index contributed by atoms with van der Waals surface area (Å²) in [6.45, 7) is 10.0. The minimum absolute atomic E-state index is 0.0276. The molecule has 1 amide bonds. The van der Waals surface area contributed by atoms with Crippen molar-refractivity contribution >= 4 is 15.9 Å². The number of rotatable bonds is 9. The molecule has 5 nitrogen and oxygen atoms in total. The second-order valence-electron chi connectivity index (χ2n) is 8.98. The zero-order chi connectivity index (χ0) is 24.9. The first-order valence-electron chi connectivity index (χ1n) is 11.6. The molecule has 0 saturated carbocycles. The fourth-order valence-corrected chi connectivity index (χ4v) is 5.28. The van der Waals surface area contributed by atoms with Crippen molar-refractivity contribution in [3.8, 4) is 0 Å². The lowest BCUT2D eigenvalue weighted by Gasteiger charge is -2.18. The molecule has 0 aromatic heterocycles. The monoisotopic (exact) mass is 478 g/mol. The molecule has 0 saturated heterocycles. The number of amides is 1. The normalized spacial score (nSPS) is 13.3. The summed E-state index contributed by atoms with van der Waals surface area (Å²) in [6.07, 6.45) is 0.877. The summed E-state index contributed by atoms with van der Waals surface area (Å²) < 4.78 is 28.2. The van der Waals surface area contributed by atoms with Crippen molar-refractivity contribution in [2.45, 2.75) is 64.4 Å². The average molecular weight is 479 g/mol. The van der Waals surface area contributed by atoms with Gasteiger partial charge in [0.2, 0.25) is 15.9 Å². The Kier molecular flexibility index (Phi) is 8.28. The number of carbonyl (C=O) groups excluding carboxylic acids is 1. The topological polar surface area (TPSA) is 75.3 Å². The van der Waals surface area contributed by atoms with E-state index < -0.39 is 10.0 Å². The van der Waals surface area contributed by atoms with Gasteiger partial charge in [-0.3, -0.25) is 4.79 Å². The van der Waals surface area contributed by atoms with Crippen LogP contribution in [0.4, 0.5) is 0 Å². The number of benzene rings is 3.